The van der Waals surface area contributed by atoms with Gasteiger partial charge in [0.25, 0.3) is 0 Å². The Morgan fingerprint density at radius 3 is 2.50 bits per heavy atom. The summed E-state index contributed by atoms with van der Waals surface area (Å²) in [4.78, 5) is 2.05. The van der Waals surface area contributed by atoms with E-state index in [0.717, 1.165) is 32.7 Å². The highest BCUT2D eigenvalue weighted by Gasteiger charge is 2.03. The van der Waals surface area contributed by atoms with E-state index in [-0.39, 0.29) is 0 Å². The first-order valence-electron chi connectivity index (χ1n) is 4.28. The van der Waals surface area contributed by atoms with Crippen molar-refractivity contribution in [1.82, 2.24) is 4.90 Å². The van der Waals surface area contributed by atoms with Crippen molar-refractivity contribution in [2.75, 3.05) is 26.3 Å². The monoisotopic (exact) mass is 207 g/mol. The quantitative estimate of drug-likeness (QED) is 0.406. The van der Waals surface area contributed by atoms with Gasteiger partial charge >= 0.3 is 0 Å². The highest BCUT2D eigenvalue weighted by atomic mass is 32.1. The summed E-state index contributed by atoms with van der Waals surface area (Å²) in [6, 6.07) is 0. The minimum atomic E-state index is 0.663. The minimum Gasteiger partial charge on any atom is -0.380 e. The predicted octanol–water partition coefficient (Wildman–Crippen LogP) is 1.95. The summed E-state index contributed by atoms with van der Waals surface area (Å²) in [6.45, 7) is 7.43. The number of ether oxygens (including phenoxy) is 1. The van der Waals surface area contributed by atoms with Crippen molar-refractivity contribution in [2.24, 2.45) is 0 Å². The number of nitrogens with zero attached hydrogens (tertiary/aromatic N) is 1. The minimum absolute atomic E-state index is 0.663. The van der Waals surface area contributed by atoms with E-state index >= 15 is 0 Å². The molecule has 0 amide bonds. The van der Waals surface area contributed by atoms with E-state index in [2.05, 4.69) is 19.6 Å². The Hall–Kier alpha value is 0.200. The molecule has 0 aromatic rings. The number of hydrogen-bond donors (Lipinski definition) is 1. The first kappa shape index (κ1) is 12.2. The summed E-state index contributed by atoms with van der Waals surface area (Å²) in [5.74, 6) is 0. The Morgan fingerprint density at radius 1 is 1.42 bits per heavy atom. The number of thiocarbonyl (C=S) groups is 1. The Kier molecular flexibility index (Phi) is 7.96. The van der Waals surface area contributed by atoms with Crippen molar-refractivity contribution in [3.63, 3.8) is 0 Å². The fourth-order valence-electron chi connectivity index (χ4n) is 0.892. The van der Waals surface area contributed by atoms with Gasteiger partial charge in [-0.05, 0) is 13.3 Å². The molecular weight excluding hydrogens is 190 g/mol. The third-order valence-corrected chi connectivity index (χ3v) is 2.01. The molecule has 2 nitrogen and oxygen atoms in total. The summed E-state index contributed by atoms with van der Waals surface area (Å²) in [6.07, 6.45) is 1.09. The molecule has 0 heterocycles. The van der Waals surface area contributed by atoms with Gasteiger partial charge in [-0.3, -0.25) is 0 Å². The smallest absolute Gasteiger partial charge is 0.133 e. The summed E-state index contributed by atoms with van der Waals surface area (Å²) in [7, 11) is 0. The molecule has 0 bridgehead atoms. The average Bonchev–Trinajstić information content (AvgIpc) is 2.03. The molecular formula is C8H17NOS2. The third-order valence-electron chi connectivity index (χ3n) is 1.47. The lowest BCUT2D eigenvalue weighted by Gasteiger charge is -2.21. The maximum Gasteiger partial charge on any atom is 0.133 e. The standard InChI is InChI=1S/C8H17NOS2/c1-3-5-9(8(11)12)6-7-10-4-2/h3-7H2,1-2H3,(H,11,12). The van der Waals surface area contributed by atoms with Crippen molar-refractivity contribution < 1.29 is 4.74 Å². The molecule has 0 fully saturated rings. The van der Waals surface area contributed by atoms with Crippen molar-refractivity contribution in [2.45, 2.75) is 20.3 Å². The summed E-state index contributed by atoms with van der Waals surface area (Å²) in [5.41, 5.74) is 0. The normalized spacial score (nSPS) is 9.92. The SMILES string of the molecule is CCCN(CCOCC)C(=S)S. The second-order valence-corrected chi connectivity index (χ2v) is 3.58. The third kappa shape index (κ3) is 5.80. The molecule has 4 heteroatoms. The van der Waals surface area contributed by atoms with Crippen LogP contribution in [0.1, 0.15) is 20.3 Å². The molecule has 72 valence electrons. The first-order valence-corrected chi connectivity index (χ1v) is 5.13. The van der Waals surface area contributed by atoms with E-state index in [1.807, 2.05) is 11.8 Å². The molecule has 12 heavy (non-hydrogen) atoms. The maximum atomic E-state index is 5.23. The van der Waals surface area contributed by atoms with Crippen LogP contribution in [-0.4, -0.2) is 35.5 Å². The van der Waals surface area contributed by atoms with Crippen LogP contribution in [0.4, 0.5) is 0 Å². The van der Waals surface area contributed by atoms with Gasteiger partial charge in [-0.1, -0.05) is 19.1 Å². The summed E-state index contributed by atoms with van der Waals surface area (Å²) < 4.78 is 5.89. The zero-order chi connectivity index (χ0) is 9.40. The lowest BCUT2D eigenvalue weighted by atomic mass is 10.4. The molecule has 0 atom stereocenters. The highest BCUT2D eigenvalue weighted by Crippen LogP contribution is 1.98. The van der Waals surface area contributed by atoms with Gasteiger partial charge < -0.3 is 9.64 Å². The molecule has 0 radical (unpaired) electrons. The van der Waals surface area contributed by atoms with Crippen LogP contribution < -0.4 is 0 Å². The average molecular weight is 207 g/mol. The molecule has 0 aromatic heterocycles. The van der Waals surface area contributed by atoms with E-state index in [9.17, 15) is 0 Å². The molecule has 0 aliphatic carbocycles. The van der Waals surface area contributed by atoms with Gasteiger partial charge in [0.2, 0.25) is 0 Å². The molecule has 0 unspecified atom stereocenters. The molecule has 0 saturated heterocycles. The van der Waals surface area contributed by atoms with Gasteiger partial charge in [-0.15, -0.1) is 12.6 Å². The Balaban J connectivity index is 3.56. The molecule has 0 spiro atoms. The fraction of sp³-hybridized carbons (Fsp3) is 0.875. The van der Waals surface area contributed by atoms with E-state index in [0.29, 0.717) is 4.32 Å². The zero-order valence-corrected chi connectivity index (χ0v) is 9.46. The largest absolute Gasteiger partial charge is 0.380 e. The Labute approximate surface area is 85.7 Å². The number of hydrogen-bond acceptors (Lipinski definition) is 2. The Morgan fingerprint density at radius 2 is 2.08 bits per heavy atom. The molecule has 0 saturated carbocycles. The highest BCUT2D eigenvalue weighted by molar-refractivity contribution is 8.10. The van der Waals surface area contributed by atoms with Gasteiger partial charge in [0, 0.05) is 19.7 Å². The maximum absolute atomic E-state index is 5.23. The summed E-state index contributed by atoms with van der Waals surface area (Å²) in [5, 5.41) is 0. The number of rotatable bonds is 6. The van der Waals surface area contributed by atoms with Crippen LogP contribution in [-0.2, 0) is 4.74 Å². The van der Waals surface area contributed by atoms with E-state index in [1.165, 1.54) is 0 Å². The van der Waals surface area contributed by atoms with Crippen molar-refractivity contribution in [3.05, 3.63) is 0 Å². The van der Waals surface area contributed by atoms with E-state index < -0.39 is 0 Å². The van der Waals surface area contributed by atoms with Crippen molar-refractivity contribution >= 4 is 29.2 Å². The Bertz CT molecular complexity index is 130. The van der Waals surface area contributed by atoms with Gasteiger partial charge in [0.15, 0.2) is 0 Å². The van der Waals surface area contributed by atoms with Gasteiger partial charge in [-0.2, -0.15) is 0 Å². The zero-order valence-electron chi connectivity index (χ0n) is 7.75. The number of thiol groups is 1. The van der Waals surface area contributed by atoms with Crippen molar-refractivity contribution in [1.29, 1.82) is 0 Å². The van der Waals surface area contributed by atoms with Crippen LogP contribution in [0.25, 0.3) is 0 Å². The van der Waals surface area contributed by atoms with Crippen LogP contribution in [0.15, 0.2) is 0 Å². The van der Waals surface area contributed by atoms with Crippen LogP contribution in [0, 0.1) is 0 Å². The van der Waals surface area contributed by atoms with Gasteiger partial charge in [0.05, 0.1) is 6.61 Å². The van der Waals surface area contributed by atoms with E-state index in [1.54, 1.807) is 0 Å². The van der Waals surface area contributed by atoms with Crippen LogP contribution in [0.5, 0.6) is 0 Å². The second-order valence-electron chi connectivity index (χ2n) is 2.47. The van der Waals surface area contributed by atoms with Crippen LogP contribution in [0.2, 0.25) is 0 Å². The molecule has 0 rings (SSSR count). The molecule has 0 aliphatic heterocycles. The topological polar surface area (TPSA) is 12.5 Å². The van der Waals surface area contributed by atoms with Gasteiger partial charge in [-0.25, -0.2) is 0 Å². The van der Waals surface area contributed by atoms with Crippen molar-refractivity contribution in [3.8, 4) is 0 Å². The fourth-order valence-corrected chi connectivity index (χ4v) is 1.27. The molecule has 0 N–H and O–H groups in total. The molecule has 0 aromatic carbocycles. The second kappa shape index (κ2) is 7.83. The molecule has 0 aliphatic rings. The van der Waals surface area contributed by atoms with Crippen LogP contribution >= 0.6 is 24.8 Å². The van der Waals surface area contributed by atoms with Gasteiger partial charge in [0.1, 0.15) is 4.32 Å². The lowest BCUT2D eigenvalue weighted by Crippen LogP contribution is -2.30. The van der Waals surface area contributed by atoms with Crippen LogP contribution in [0.3, 0.4) is 0 Å². The summed E-state index contributed by atoms with van der Waals surface area (Å²) >= 11 is 9.10. The van der Waals surface area contributed by atoms with E-state index in [4.69, 9.17) is 17.0 Å². The predicted molar refractivity (Wildman–Crippen MR) is 59.9 cm³/mol. The first-order chi connectivity index (χ1) is 5.72. The lowest BCUT2D eigenvalue weighted by molar-refractivity contribution is 0.133.